The topological polar surface area (TPSA) is 59.4 Å². The zero-order valence-corrected chi connectivity index (χ0v) is 11.4. The maximum absolute atomic E-state index is 11.2. The lowest BCUT2D eigenvalue weighted by atomic mass is 10.2. The molecule has 2 aromatic rings. The first-order valence-corrected chi connectivity index (χ1v) is 6.90. The number of ether oxygens (including phenoxy) is 1. The van der Waals surface area contributed by atoms with Crippen molar-refractivity contribution in [3.05, 3.63) is 45.9 Å². The maximum Gasteiger partial charge on any atom is 0.349 e. The fourth-order valence-corrected chi connectivity index (χ4v) is 2.73. The molecule has 0 unspecified atom stereocenters. The first-order valence-electron chi connectivity index (χ1n) is 6.08. The van der Waals surface area contributed by atoms with E-state index in [1.807, 2.05) is 18.2 Å². The second kappa shape index (κ2) is 6.33. The van der Waals surface area contributed by atoms with Crippen LogP contribution in [-0.4, -0.2) is 16.1 Å². The number of hydrogen-bond acceptors (Lipinski definition) is 4. The third kappa shape index (κ3) is 3.54. The maximum atomic E-state index is 11.2. The van der Waals surface area contributed by atoms with Crippen LogP contribution >= 0.6 is 11.3 Å². The highest BCUT2D eigenvalue weighted by atomic mass is 32.1. The zero-order valence-electron chi connectivity index (χ0n) is 10.6. The molecule has 100 valence electrons. The Morgan fingerprint density at radius 3 is 2.79 bits per heavy atom. The minimum atomic E-state index is -0.933. The van der Waals surface area contributed by atoms with Crippen LogP contribution in [0.4, 0.5) is 0 Å². The smallest absolute Gasteiger partial charge is 0.349 e. The van der Waals surface area contributed by atoms with Gasteiger partial charge in [0.25, 0.3) is 0 Å². The average molecular weight is 277 g/mol. The fraction of sp³-hybridized carbons (Fsp3) is 0.286. The summed E-state index contributed by atoms with van der Waals surface area (Å²) in [7, 11) is 0. The van der Waals surface area contributed by atoms with Crippen LogP contribution in [0.5, 0.6) is 5.75 Å². The van der Waals surface area contributed by atoms with Crippen LogP contribution in [0, 0.1) is 0 Å². The van der Waals surface area contributed by atoms with Crippen molar-refractivity contribution in [2.24, 2.45) is 0 Å². The first-order chi connectivity index (χ1) is 9.20. The first kappa shape index (κ1) is 13.5. The number of carboxylic acids is 1. The zero-order chi connectivity index (χ0) is 13.7. The van der Waals surface area contributed by atoms with E-state index in [9.17, 15) is 4.79 Å². The van der Waals surface area contributed by atoms with Crippen LogP contribution in [0.15, 0.2) is 30.6 Å². The van der Waals surface area contributed by atoms with E-state index in [1.54, 1.807) is 12.4 Å². The van der Waals surface area contributed by atoms with Crippen LogP contribution in [-0.2, 0) is 13.0 Å². The van der Waals surface area contributed by atoms with E-state index < -0.39 is 5.97 Å². The van der Waals surface area contributed by atoms with Gasteiger partial charge in [0, 0.05) is 17.3 Å². The van der Waals surface area contributed by atoms with Crippen LogP contribution in [0.3, 0.4) is 0 Å². The van der Waals surface area contributed by atoms with Crippen molar-refractivity contribution in [1.82, 2.24) is 4.98 Å². The Morgan fingerprint density at radius 1 is 1.42 bits per heavy atom. The molecular weight excluding hydrogens is 262 g/mol. The van der Waals surface area contributed by atoms with Gasteiger partial charge in [0.15, 0.2) is 4.88 Å². The molecule has 0 saturated heterocycles. The molecule has 0 aliphatic heterocycles. The summed E-state index contributed by atoms with van der Waals surface area (Å²) in [5.74, 6) is -0.477. The highest BCUT2D eigenvalue weighted by molar-refractivity contribution is 7.14. The van der Waals surface area contributed by atoms with Gasteiger partial charge >= 0.3 is 5.97 Å². The van der Waals surface area contributed by atoms with Gasteiger partial charge in [0.05, 0.1) is 0 Å². The van der Waals surface area contributed by atoms with Gasteiger partial charge in [-0.15, -0.1) is 11.3 Å². The van der Waals surface area contributed by atoms with E-state index in [4.69, 9.17) is 9.84 Å². The molecule has 0 saturated carbocycles. The molecular formula is C14H15NO3S. The number of aryl methyl sites for hydroxylation is 1. The lowest BCUT2D eigenvalue weighted by Crippen LogP contribution is -2.00. The third-order valence-electron chi connectivity index (χ3n) is 2.58. The predicted octanol–water partition coefficient (Wildman–Crippen LogP) is 3.37. The van der Waals surface area contributed by atoms with E-state index in [1.165, 1.54) is 11.3 Å². The van der Waals surface area contributed by atoms with E-state index in [0.29, 0.717) is 12.4 Å². The molecule has 0 spiro atoms. The highest BCUT2D eigenvalue weighted by Gasteiger charge is 2.16. The Balaban J connectivity index is 2.12. The summed E-state index contributed by atoms with van der Waals surface area (Å²) in [6, 6.07) is 5.53. The molecule has 0 aliphatic rings. The van der Waals surface area contributed by atoms with Crippen molar-refractivity contribution in [2.75, 3.05) is 0 Å². The van der Waals surface area contributed by atoms with E-state index in [2.05, 4.69) is 11.9 Å². The normalized spacial score (nSPS) is 10.4. The SMILES string of the molecule is CCCc1cc(OCc2ccncc2)c(C(=O)O)s1. The van der Waals surface area contributed by atoms with Crippen LogP contribution in [0.1, 0.15) is 33.5 Å². The van der Waals surface area contributed by atoms with Crippen LogP contribution < -0.4 is 4.74 Å². The van der Waals surface area contributed by atoms with E-state index in [0.717, 1.165) is 23.3 Å². The lowest BCUT2D eigenvalue weighted by molar-refractivity contribution is 0.0697. The van der Waals surface area contributed by atoms with Gasteiger partial charge in [-0.05, 0) is 30.2 Å². The quantitative estimate of drug-likeness (QED) is 0.879. The van der Waals surface area contributed by atoms with Gasteiger partial charge in [0.2, 0.25) is 0 Å². The summed E-state index contributed by atoms with van der Waals surface area (Å²) in [5.41, 5.74) is 0.967. The molecule has 2 aromatic heterocycles. The minimum Gasteiger partial charge on any atom is -0.487 e. The minimum absolute atomic E-state index is 0.275. The second-order valence-electron chi connectivity index (χ2n) is 4.11. The molecule has 0 radical (unpaired) electrons. The average Bonchev–Trinajstić information content (AvgIpc) is 2.81. The number of aromatic nitrogens is 1. The molecule has 0 aliphatic carbocycles. The summed E-state index contributed by atoms with van der Waals surface area (Å²) >= 11 is 1.29. The number of aromatic carboxylic acids is 1. The van der Waals surface area contributed by atoms with Gasteiger partial charge in [-0.25, -0.2) is 4.79 Å². The Kier molecular flexibility index (Phi) is 4.52. The standard InChI is InChI=1S/C14H15NO3S/c1-2-3-11-8-12(13(19-11)14(16)17)18-9-10-4-6-15-7-5-10/h4-8H,2-3,9H2,1H3,(H,16,17). The molecule has 5 heteroatoms. The van der Waals surface area contributed by atoms with Crippen LogP contribution in [0.2, 0.25) is 0 Å². The van der Waals surface area contributed by atoms with Crippen molar-refractivity contribution in [3.63, 3.8) is 0 Å². The summed E-state index contributed by atoms with van der Waals surface area (Å²) in [4.78, 5) is 16.4. The van der Waals surface area contributed by atoms with Gasteiger partial charge in [0.1, 0.15) is 12.4 Å². The van der Waals surface area contributed by atoms with Crippen molar-refractivity contribution in [1.29, 1.82) is 0 Å². The van der Waals surface area contributed by atoms with Gasteiger partial charge in [-0.1, -0.05) is 13.3 Å². The monoisotopic (exact) mass is 277 g/mol. The largest absolute Gasteiger partial charge is 0.487 e. The number of nitrogens with zero attached hydrogens (tertiary/aromatic N) is 1. The Hall–Kier alpha value is -1.88. The number of hydrogen-bond donors (Lipinski definition) is 1. The molecule has 0 atom stereocenters. The van der Waals surface area contributed by atoms with Gasteiger partial charge in [-0.3, -0.25) is 4.98 Å². The second-order valence-corrected chi connectivity index (χ2v) is 5.24. The summed E-state index contributed by atoms with van der Waals surface area (Å²) in [5, 5.41) is 9.16. The molecule has 1 N–H and O–H groups in total. The van der Waals surface area contributed by atoms with Crippen molar-refractivity contribution < 1.29 is 14.6 Å². The fourth-order valence-electron chi connectivity index (χ4n) is 1.69. The van der Waals surface area contributed by atoms with E-state index >= 15 is 0 Å². The third-order valence-corrected chi connectivity index (χ3v) is 3.75. The summed E-state index contributed by atoms with van der Waals surface area (Å²) in [6.07, 6.45) is 5.24. The molecule has 0 fully saturated rings. The molecule has 0 aromatic carbocycles. The van der Waals surface area contributed by atoms with Gasteiger partial charge in [-0.2, -0.15) is 0 Å². The van der Waals surface area contributed by atoms with Crippen molar-refractivity contribution in [3.8, 4) is 5.75 Å². The highest BCUT2D eigenvalue weighted by Crippen LogP contribution is 2.30. The Labute approximate surface area is 115 Å². The van der Waals surface area contributed by atoms with Crippen molar-refractivity contribution >= 4 is 17.3 Å². The van der Waals surface area contributed by atoms with Crippen molar-refractivity contribution in [2.45, 2.75) is 26.4 Å². The number of carbonyl (C=O) groups is 1. The summed E-state index contributed by atoms with van der Waals surface area (Å²) < 4.78 is 5.61. The Bertz CT molecular complexity index is 551. The summed E-state index contributed by atoms with van der Waals surface area (Å²) in [6.45, 7) is 2.42. The molecule has 2 heterocycles. The predicted molar refractivity (Wildman–Crippen MR) is 73.8 cm³/mol. The number of rotatable bonds is 6. The molecule has 19 heavy (non-hydrogen) atoms. The number of thiophene rings is 1. The lowest BCUT2D eigenvalue weighted by Gasteiger charge is -2.04. The van der Waals surface area contributed by atoms with Gasteiger partial charge < -0.3 is 9.84 Å². The Morgan fingerprint density at radius 2 is 2.16 bits per heavy atom. The van der Waals surface area contributed by atoms with E-state index in [-0.39, 0.29) is 4.88 Å². The molecule has 4 nitrogen and oxygen atoms in total. The molecule has 0 bridgehead atoms. The number of pyridine rings is 1. The number of carboxylic acid groups (broad SMARTS) is 1. The molecule has 0 amide bonds. The van der Waals surface area contributed by atoms with Crippen LogP contribution in [0.25, 0.3) is 0 Å². The molecule has 2 rings (SSSR count).